The van der Waals surface area contributed by atoms with Crippen LogP contribution in [0, 0.1) is 0 Å². The van der Waals surface area contributed by atoms with E-state index in [9.17, 15) is 4.79 Å². The summed E-state index contributed by atoms with van der Waals surface area (Å²) in [5.74, 6) is 0.857. The van der Waals surface area contributed by atoms with Crippen LogP contribution >= 0.6 is 0 Å². The lowest BCUT2D eigenvalue weighted by atomic mass is 10.3. The summed E-state index contributed by atoms with van der Waals surface area (Å²) >= 11 is 0. The molecule has 0 aliphatic carbocycles. The average molecular weight is 229 g/mol. The Morgan fingerprint density at radius 3 is 3.00 bits per heavy atom. The maximum atomic E-state index is 11.8. The number of aromatic nitrogens is 2. The van der Waals surface area contributed by atoms with Gasteiger partial charge in [0.15, 0.2) is 11.8 Å². The smallest absolute Gasteiger partial charge is 0.291 e. The van der Waals surface area contributed by atoms with Crippen molar-refractivity contribution in [1.29, 1.82) is 0 Å². The van der Waals surface area contributed by atoms with Crippen molar-refractivity contribution in [2.24, 2.45) is 4.99 Å². The van der Waals surface area contributed by atoms with Gasteiger partial charge in [-0.1, -0.05) is 12.1 Å². The number of aliphatic imine (C=N–C) groups is 1. The second-order valence-corrected chi connectivity index (χ2v) is 3.71. The highest BCUT2D eigenvalue weighted by Crippen LogP contribution is 2.07. The molecule has 1 aromatic heterocycles. The zero-order valence-electron chi connectivity index (χ0n) is 9.03. The van der Waals surface area contributed by atoms with Crippen LogP contribution in [0.5, 0.6) is 0 Å². The molecule has 0 saturated carbocycles. The Labute approximate surface area is 96.8 Å². The molecule has 2 aromatic rings. The van der Waals surface area contributed by atoms with Gasteiger partial charge in [-0.2, -0.15) is 0 Å². The first kappa shape index (κ1) is 9.83. The van der Waals surface area contributed by atoms with Crippen LogP contribution < -0.4 is 16.2 Å². The van der Waals surface area contributed by atoms with Gasteiger partial charge in [0.05, 0.1) is 17.6 Å². The van der Waals surface area contributed by atoms with Gasteiger partial charge in [0, 0.05) is 6.54 Å². The number of para-hydroxylation sites is 2. The summed E-state index contributed by atoms with van der Waals surface area (Å²) < 4.78 is 0. The molecule has 86 valence electrons. The van der Waals surface area contributed by atoms with E-state index < -0.39 is 0 Å². The Balaban J connectivity index is 2.04. The van der Waals surface area contributed by atoms with Crippen LogP contribution in [-0.2, 0) is 0 Å². The van der Waals surface area contributed by atoms with Gasteiger partial charge in [-0.05, 0) is 12.1 Å². The molecule has 17 heavy (non-hydrogen) atoms. The van der Waals surface area contributed by atoms with Gasteiger partial charge in [-0.3, -0.25) is 9.79 Å². The van der Waals surface area contributed by atoms with E-state index in [1.807, 2.05) is 24.3 Å². The number of fused-ring (bicyclic) bond motifs is 1. The van der Waals surface area contributed by atoms with Crippen molar-refractivity contribution in [3.8, 4) is 0 Å². The standard InChI is InChI=1S/C11H11N5O/c17-10-9(16-11-12-5-6-13-11)14-7-3-1-2-4-8(7)15-10/h1-4H,5-6H2,(H,15,17)(H2,12,13,14,16). The Bertz CT molecular complexity index is 646. The molecule has 0 unspecified atom stereocenters. The van der Waals surface area contributed by atoms with E-state index in [1.165, 1.54) is 0 Å². The van der Waals surface area contributed by atoms with Crippen LogP contribution in [-0.4, -0.2) is 29.0 Å². The van der Waals surface area contributed by atoms with E-state index in [-0.39, 0.29) is 11.4 Å². The Hall–Kier alpha value is -2.37. The lowest BCUT2D eigenvalue weighted by molar-refractivity contribution is 0.958. The van der Waals surface area contributed by atoms with Crippen LogP contribution in [0.15, 0.2) is 34.1 Å². The van der Waals surface area contributed by atoms with Crippen molar-refractivity contribution in [1.82, 2.24) is 15.3 Å². The van der Waals surface area contributed by atoms with Gasteiger partial charge in [0.1, 0.15) is 0 Å². The highest BCUT2D eigenvalue weighted by Gasteiger charge is 2.09. The molecular formula is C11H11N5O. The summed E-state index contributed by atoms with van der Waals surface area (Å²) in [7, 11) is 0. The lowest BCUT2D eigenvalue weighted by Crippen LogP contribution is -2.30. The first-order valence-electron chi connectivity index (χ1n) is 5.37. The fraction of sp³-hybridized carbons (Fsp3) is 0.182. The number of hydrogen-bond donors (Lipinski definition) is 3. The number of benzene rings is 1. The third-order valence-corrected chi connectivity index (χ3v) is 2.51. The fourth-order valence-corrected chi connectivity index (χ4v) is 1.71. The number of nitrogens with one attached hydrogen (secondary N) is 3. The predicted octanol–water partition coefficient (Wildman–Crippen LogP) is 0.294. The number of hydrogen-bond acceptors (Lipinski definition) is 5. The number of guanidine groups is 1. The van der Waals surface area contributed by atoms with Gasteiger partial charge < -0.3 is 15.6 Å². The molecule has 1 aromatic carbocycles. The maximum absolute atomic E-state index is 11.8. The minimum Gasteiger partial charge on any atom is -0.354 e. The summed E-state index contributed by atoms with van der Waals surface area (Å²) in [5.41, 5.74) is 1.22. The maximum Gasteiger partial charge on any atom is 0.291 e. The number of H-pyrrole nitrogens is 1. The molecule has 6 nitrogen and oxygen atoms in total. The Morgan fingerprint density at radius 1 is 1.29 bits per heavy atom. The van der Waals surface area contributed by atoms with E-state index in [1.54, 1.807) is 0 Å². The van der Waals surface area contributed by atoms with Gasteiger partial charge in [-0.15, -0.1) is 0 Å². The number of anilines is 1. The molecule has 0 spiro atoms. The molecular weight excluding hydrogens is 218 g/mol. The third-order valence-electron chi connectivity index (χ3n) is 2.51. The molecule has 0 amide bonds. The quantitative estimate of drug-likeness (QED) is 0.656. The van der Waals surface area contributed by atoms with Crippen molar-refractivity contribution in [3.63, 3.8) is 0 Å². The first-order valence-corrected chi connectivity index (χ1v) is 5.37. The normalized spacial score (nSPS) is 14.5. The zero-order valence-corrected chi connectivity index (χ0v) is 9.03. The summed E-state index contributed by atoms with van der Waals surface area (Å²) in [6, 6.07) is 7.40. The van der Waals surface area contributed by atoms with Crippen molar-refractivity contribution in [2.45, 2.75) is 0 Å². The van der Waals surface area contributed by atoms with Crippen LogP contribution in [0.3, 0.4) is 0 Å². The summed E-state index contributed by atoms with van der Waals surface area (Å²) in [6.07, 6.45) is 0. The van der Waals surface area contributed by atoms with Crippen LogP contribution in [0.2, 0.25) is 0 Å². The van der Waals surface area contributed by atoms with Crippen molar-refractivity contribution in [2.75, 3.05) is 18.4 Å². The minimum absolute atomic E-state index is 0.250. The number of rotatable bonds is 1. The molecule has 3 rings (SSSR count). The second-order valence-electron chi connectivity index (χ2n) is 3.71. The topological polar surface area (TPSA) is 82.2 Å². The van der Waals surface area contributed by atoms with E-state index in [0.29, 0.717) is 12.5 Å². The highest BCUT2D eigenvalue weighted by atomic mass is 16.1. The molecule has 0 bridgehead atoms. The molecule has 0 radical (unpaired) electrons. The largest absolute Gasteiger partial charge is 0.354 e. The van der Waals surface area contributed by atoms with Gasteiger partial charge >= 0.3 is 0 Å². The average Bonchev–Trinajstić information content (AvgIpc) is 2.83. The SMILES string of the molecule is O=c1[nH]c2ccccc2nc1NC1=NCCN1. The van der Waals surface area contributed by atoms with Crippen LogP contribution in [0.1, 0.15) is 0 Å². The summed E-state index contributed by atoms with van der Waals surface area (Å²) in [6.45, 7) is 1.50. The fourth-order valence-electron chi connectivity index (χ4n) is 1.71. The Morgan fingerprint density at radius 2 is 2.18 bits per heavy atom. The number of aromatic amines is 1. The minimum atomic E-state index is -0.250. The molecule has 1 aliphatic heterocycles. The van der Waals surface area contributed by atoms with Gasteiger partial charge in [0.25, 0.3) is 5.56 Å². The van der Waals surface area contributed by atoms with Crippen molar-refractivity contribution >= 4 is 22.8 Å². The molecule has 6 heteroatoms. The van der Waals surface area contributed by atoms with E-state index in [0.717, 1.165) is 17.6 Å². The Kier molecular flexibility index (Phi) is 2.25. The third kappa shape index (κ3) is 1.84. The van der Waals surface area contributed by atoms with E-state index in [2.05, 4.69) is 25.6 Å². The molecule has 0 fully saturated rings. The number of nitrogens with zero attached hydrogens (tertiary/aromatic N) is 2. The van der Waals surface area contributed by atoms with E-state index in [4.69, 9.17) is 0 Å². The first-order chi connectivity index (χ1) is 8.33. The van der Waals surface area contributed by atoms with Crippen LogP contribution in [0.25, 0.3) is 11.0 Å². The highest BCUT2D eigenvalue weighted by molar-refractivity contribution is 5.94. The molecule has 0 atom stereocenters. The molecule has 0 saturated heterocycles. The van der Waals surface area contributed by atoms with Crippen molar-refractivity contribution in [3.05, 3.63) is 34.6 Å². The second kappa shape index (κ2) is 3.89. The van der Waals surface area contributed by atoms with E-state index >= 15 is 0 Å². The monoisotopic (exact) mass is 229 g/mol. The van der Waals surface area contributed by atoms with Crippen LogP contribution in [0.4, 0.5) is 5.82 Å². The predicted molar refractivity (Wildman–Crippen MR) is 66.3 cm³/mol. The lowest BCUT2D eigenvalue weighted by Gasteiger charge is -2.05. The molecule has 3 N–H and O–H groups in total. The van der Waals surface area contributed by atoms with Gasteiger partial charge in [-0.25, -0.2) is 4.98 Å². The summed E-state index contributed by atoms with van der Waals surface area (Å²) in [5, 5.41) is 5.91. The summed E-state index contributed by atoms with van der Waals surface area (Å²) in [4.78, 5) is 22.9. The van der Waals surface area contributed by atoms with Gasteiger partial charge in [0.2, 0.25) is 0 Å². The molecule has 1 aliphatic rings. The molecule has 2 heterocycles. The zero-order chi connectivity index (χ0) is 11.7. The van der Waals surface area contributed by atoms with Crippen molar-refractivity contribution < 1.29 is 0 Å².